The zero-order valence-electron chi connectivity index (χ0n) is 12.1. The summed E-state index contributed by atoms with van der Waals surface area (Å²) in [6.07, 6.45) is 2.03. The highest BCUT2D eigenvalue weighted by molar-refractivity contribution is 6.18. The third-order valence-corrected chi connectivity index (χ3v) is 4.11. The lowest BCUT2D eigenvalue weighted by Gasteiger charge is -2.16. The SMILES string of the molecule is COc1ccc(CC(CCl)Cc2ccccc2C)cc1. The normalized spacial score (nSPS) is 12.2. The summed E-state index contributed by atoms with van der Waals surface area (Å²) in [6, 6.07) is 16.8. The number of rotatable bonds is 6. The Labute approximate surface area is 126 Å². The number of hydrogen-bond donors (Lipinski definition) is 0. The van der Waals surface area contributed by atoms with E-state index in [1.165, 1.54) is 16.7 Å². The van der Waals surface area contributed by atoms with Crippen molar-refractivity contribution in [3.63, 3.8) is 0 Å². The predicted molar refractivity (Wildman–Crippen MR) is 85.8 cm³/mol. The van der Waals surface area contributed by atoms with E-state index in [0.29, 0.717) is 11.8 Å². The van der Waals surface area contributed by atoms with Crippen LogP contribution in [0.25, 0.3) is 0 Å². The largest absolute Gasteiger partial charge is 0.497 e. The van der Waals surface area contributed by atoms with E-state index in [-0.39, 0.29) is 0 Å². The lowest BCUT2D eigenvalue weighted by molar-refractivity contribution is 0.414. The molecule has 0 saturated heterocycles. The van der Waals surface area contributed by atoms with Gasteiger partial charge in [0.2, 0.25) is 0 Å². The first-order valence-corrected chi connectivity index (χ1v) is 7.49. The zero-order chi connectivity index (χ0) is 14.4. The third kappa shape index (κ3) is 4.01. The molecule has 20 heavy (non-hydrogen) atoms. The Balaban J connectivity index is 2.03. The molecule has 106 valence electrons. The van der Waals surface area contributed by atoms with E-state index in [9.17, 15) is 0 Å². The number of alkyl halides is 1. The van der Waals surface area contributed by atoms with Crippen molar-refractivity contribution in [3.8, 4) is 5.75 Å². The van der Waals surface area contributed by atoms with E-state index < -0.39 is 0 Å². The monoisotopic (exact) mass is 288 g/mol. The summed E-state index contributed by atoms with van der Waals surface area (Å²) in [5.74, 6) is 2.04. The minimum absolute atomic E-state index is 0.464. The number of hydrogen-bond acceptors (Lipinski definition) is 1. The van der Waals surface area contributed by atoms with Gasteiger partial charge in [-0.3, -0.25) is 0 Å². The summed E-state index contributed by atoms with van der Waals surface area (Å²) < 4.78 is 5.19. The standard InChI is InChI=1S/C18H21ClO/c1-14-5-3-4-6-17(14)12-16(13-19)11-15-7-9-18(20-2)10-8-15/h3-10,16H,11-13H2,1-2H3. The molecular weight excluding hydrogens is 268 g/mol. The van der Waals surface area contributed by atoms with Crippen molar-refractivity contribution in [2.75, 3.05) is 13.0 Å². The molecule has 0 fully saturated rings. The second kappa shape index (κ2) is 7.35. The van der Waals surface area contributed by atoms with Crippen LogP contribution < -0.4 is 4.74 Å². The highest BCUT2D eigenvalue weighted by Gasteiger charge is 2.11. The maximum absolute atomic E-state index is 6.15. The first-order chi connectivity index (χ1) is 9.72. The topological polar surface area (TPSA) is 9.23 Å². The van der Waals surface area contributed by atoms with Crippen molar-refractivity contribution in [2.45, 2.75) is 19.8 Å². The number of methoxy groups -OCH3 is 1. The number of halogens is 1. The smallest absolute Gasteiger partial charge is 0.118 e. The van der Waals surface area contributed by atoms with Crippen LogP contribution in [0.15, 0.2) is 48.5 Å². The summed E-state index contributed by atoms with van der Waals surface area (Å²) >= 11 is 6.15. The molecule has 0 aromatic heterocycles. The number of aryl methyl sites for hydroxylation is 1. The van der Waals surface area contributed by atoms with Gasteiger partial charge in [0.1, 0.15) is 5.75 Å². The van der Waals surface area contributed by atoms with E-state index in [1.807, 2.05) is 12.1 Å². The Kier molecular flexibility index (Phi) is 5.49. The van der Waals surface area contributed by atoms with Crippen molar-refractivity contribution in [3.05, 3.63) is 65.2 Å². The molecule has 0 aliphatic rings. The molecule has 0 saturated carbocycles. The second-order valence-electron chi connectivity index (χ2n) is 5.20. The van der Waals surface area contributed by atoms with Crippen LogP contribution in [0.5, 0.6) is 5.75 Å². The first-order valence-electron chi connectivity index (χ1n) is 6.96. The molecule has 0 spiro atoms. The van der Waals surface area contributed by atoms with Crippen LogP contribution in [0.4, 0.5) is 0 Å². The van der Waals surface area contributed by atoms with Gasteiger partial charge in [-0.25, -0.2) is 0 Å². The molecule has 2 heteroatoms. The van der Waals surface area contributed by atoms with Crippen LogP contribution in [0.2, 0.25) is 0 Å². The van der Waals surface area contributed by atoms with Gasteiger partial charge in [0, 0.05) is 5.88 Å². The Morgan fingerprint density at radius 3 is 2.30 bits per heavy atom. The van der Waals surface area contributed by atoms with Gasteiger partial charge in [-0.15, -0.1) is 11.6 Å². The van der Waals surface area contributed by atoms with E-state index in [2.05, 4.69) is 43.3 Å². The lowest BCUT2D eigenvalue weighted by atomic mass is 9.92. The summed E-state index contributed by atoms with van der Waals surface area (Å²) in [4.78, 5) is 0. The van der Waals surface area contributed by atoms with Crippen molar-refractivity contribution < 1.29 is 4.74 Å². The molecule has 1 unspecified atom stereocenters. The van der Waals surface area contributed by atoms with E-state index in [1.54, 1.807) is 7.11 Å². The second-order valence-corrected chi connectivity index (χ2v) is 5.51. The van der Waals surface area contributed by atoms with Crippen molar-refractivity contribution >= 4 is 11.6 Å². The van der Waals surface area contributed by atoms with Gasteiger partial charge in [0.15, 0.2) is 0 Å². The maximum atomic E-state index is 6.15. The molecule has 0 aliphatic heterocycles. The van der Waals surface area contributed by atoms with Crippen LogP contribution >= 0.6 is 11.6 Å². The molecule has 2 aromatic carbocycles. The average molecular weight is 289 g/mol. The van der Waals surface area contributed by atoms with E-state index in [0.717, 1.165) is 18.6 Å². The van der Waals surface area contributed by atoms with Crippen LogP contribution in [-0.4, -0.2) is 13.0 Å². The minimum Gasteiger partial charge on any atom is -0.497 e. The minimum atomic E-state index is 0.464. The molecule has 0 heterocycles. The van der Waals surface area contributed by atoms with Gasteiger partial charge >= 0.3 is 0 Å². The fourth-order valence-corrected chi connectivity index (χ4v) is 2.64. The van der Waals surface area contributed by atoms with E-state index >= 15 is 0 Å². The van der Waals surface area contributed by atoms with Gasteiger partial charge in [-0.1, -0.05) is 36.4 Å². The fourth-order valence-electron chi connectivity index (χ4n) is 2.43. The van der Waals surface area contributed by atoms with Crippen molar-refractivity contribution in [1.29, 1.82) is 0 Å². The number of benzene rings is 2. The van der Waals surface area contributed by atoms with Gasteiger partial charge in [0.05, 0.1) is 7.11 Å². The molecule has 0 N–H and O–H groups in total. The average Bonchev–Trinajstić information content (AvgIpc) is 2.49. The first kappa shape index (κ1) is 14.9. The molecular formula is C18H21ClO. The molecule has 0 radical (unpaired) electrons. The summed E-state index contributed by atoms with van der Waals surface area (Å²) in [5, 5.41) is 0. The molecule has 2 rings (SSSR count). The number of ether oxygens (including phenoxy) is 1. The Bertz CT molecular complexity index is 533. The van der Waals surface area contributed by atoms with Crippen LogP contribution in [0, 0.1) is 12.8 Å². The van der Waals surface area contributed by atoms with Gasteiger partial charge in [-0.05, 0) is 54.5 Å². The molecule has 0 bridgehead atoms. The van der Waals surface area contributed by atoms with Gasteiger partial charge in [0.25, 0.3) is 0 Å². The van der Waals surface area contributed by atoms with Crippen LogP contribution in [0.3, 0.4) is 0 Å². The molecule has 0 aliphatic carbocycles. The quantitative estimate of drug-likeness (QED) is 0.704. The van der Waals surface area contributed by atoms with Crippen molar-refractivity contribution in [1.82, 2.24) is 0 Å². The summed E-state index contributed by atoms with van der Waals surface area (Å²) in [5.41, 5.74) is 4.05. The van der Waals surface area contributed by atoms with Gasteiger partial charge in [-0.2, -0.15) is 0 Å². The zero-order valence-corrected chi connectivity index (χ0v) is 12.9. The fraction of sp³-hybridized carbons (Fsp3) is 0.333. The maximum Gasteiger partial charge on any atom is 0.118 e. The van der Waals surface area contributed by atoms with Crippen molar-refractivity contribution in [2.24, 2.45) is 5.92 Å². The predicted octanol–water partition coefficient (Wildman–Crippen LogP) is 4.64. The highest BCUT2D eigenvalue weighted by Crippen LogP contribution is 2.20. The third-order valence-electron chi connectivity index (χ3n) is 3.67. The Morgan fingerprint density at radius 2 is 1.70 bits per heavy atom. The lowest BCUT2D eigenvalue weighted by Crippen LogP contribution is -2.11. The van der Waals surface area contributed by atoms with Gasteiger partial charge < -0.3 is 4.74 Å². The molecule has 2 aromatic rings. The Morgan fingerprint density at radius 1 is 1.00 bits per heavy atom. The molecule has 0 amide bonds. The summed E-state index contributed by atoms with van der Waals surface area (Å²) in [6.45, 7) is 2.16. The van der Waals surface area contributed by atoms with E-state index in [4.69, 9.17) is 16.3 Å². The van der Waals surface area contributed by atoms with Crippen LogP contribution in [-0.2, 0) is 12.8 Å². The Hall–Kier alpha value is -1.47. The van der Waals surface area contributed by atoms with Crippen LogP contribution in [0.1, 0.15) is 16.7 Å². The molecule has 1 nitrogen and oxygen atoms in total. The highest BCUT2D eigenvalue weighted by atomic mass is 35.5. The summed E-state index contributed by atoms with van der Waals surface area (Å²) in [7, 11) is 1.69. The molecule has 1 atom stereocenters.